The SMILES string of the molecule is CCc1ccc(OCC(=O)N[C@@H](C)c2ccc(OC)c(OC)c2)c(Br)c1. The van der Waals surface area contributed by atoms with Gasteiger partial charge in [-0.15, -0.1) is 0 Å². The third kappa shape index (κ3) is 5.14. The van der Waals surface area contributed by atoms with Crippen molar-refractivity contribution < 1.29 is 19.0 Å². The van der Waals surface area contributed by atoms with Gasteiger partial charge in [0.1, 0.15) is 5.75 Å². The Bertz CT molecular complexity index is 763. The zero-order valence-electron chi connectivity index (χ0n) is 15.5. The fourth-order valence-electron chi connectivity index (χ4n) is 2.51. The molecule has 6 heteroatoms. The van der Waals surface area contributed by atoms with Crippen LogP contribution in [0.1, 0.15) is 31.0 Å². The molecule has 0 saturated heterocycles. The monoisotopic (exact) mass is 421 g/mol. The molecular formula is C20H24BrNO4. The lowest BCUT2D eigenvalue weighted by Gasteiger charge is -2.17. The summed E-state index contributed by atoms with van der Waals surface area (Å²) in [6, 6.07) is 11.2. The quantitative estimate of drug-likeness (QED) is 0.690. The van der Waals surface area contributed by atoms with Crippen LogP contribution < -0.4 is 19.5 Å². The number of nitrogens with one attached hydrogen (secondary N) is 1. The molecule has 0 saturated carbocycles. The molecule has 1 N–H and O–H groups in total. The van der Waals surface area contributed by atoms with Crippen molar-refractivity contribution in [3.05, 3.63) is 52.0 Å². The first-order valence-corrected chi connectivity index (χ1v) is 9.20. The molecule has 0 radical (unpaired) electrons. The summed E-state index contributed by atoms with van der Waals surface area (Å²) in [6.45, 7) is 3.94. The Kier molecular flexibility index (Phi) is 7.33. The minimum absolute atomic E-state index is 0.0539. The first-order chi connectivity index (χ1) is 12.5. The van der Waals surface area contributed by atoms with Crippen LogP contribution in [0.15, 0.2) is 40.9 Å². The maximum atomic E-state index is 12.2. The summed E-state index contributed by atoms with van der Waals surface area (Å²) in [5.41, 5.74) is 2.13. The van der Waals surface area contributed by atoms with Gasteiger partial charge in [-0.3, -0.25) is 4.79 Å². The molecule has 0 aliphatic rings. The third-order valence-electron chi connectivity index (χ3n) is 4.05. The van der Waals surface area contributed by atoms with Gasteiger partial charge in [0.2, 0.25) is 0 Å². The second-order valence-electron chi connectivity index (χ2n) is 5.81. The van der Waals surface area contributed by atoms with E-state index >= 15 is 0 Å². The van der Waals surface area contributed by atoms with E-state index in [0.29, 0.717) is 17.2 Å². The van der Waals surface area contributed by atoms with Gasteiger partial charge in [0, 0.05) is 0 Å². The van der Waals surface area contributed by atoms with Crippen molar-refractivity contribution in [3.8, 4) is 17.2 Å². The lowest BCUT2D eigenvalue weighted by atomic mass is 10.1. The summed E-state index contributed by atoms with van der Waals surface area (Å²) < 4.78 is 17.0. The van der Waals surface area contributed by atoms with E-state index in [1.165, 1.54) is 5.56 Å². The fraction of sp³-hybridized carbons (Fsp3) is 0.350. The van der Waals surface area contributed by atoms with Crippen LogP contribution in [0.4, 0.5) is 0 Å². The van der Waals surface area contributed by atoms with Crippen LogP contribution in [0.5, 0.6) is 17.2 Å². The van der Waals surface area contributed by atoms with E-state index in [2.05, 4.69) is 28.2 Å². The summed E-state index contributed by atoms with van der Waals surface area (Å²) in [5.74, 6) is 1.73. The number of hydrogen-bond donors (Lipinski definition) is 1. The van der Waals surface area contributed by atoms with E-state index in [4.69, 9.17) is 14.2 Å². The number of rotatable bonds is 8. The highest BCUT2D eigenvalue weighted by Gasteiger charge is 2.13. The Labute approximate surface area is 162 Å². The van der Waals surface area contributed by atoms with E-state index in [9.17, 15) is 4.79 Å². The summed E-state index contributed by atoms with van der Waals surface area (Å²) in [7, 11) is 3.17. The number of carbonyl (C=O) groups excluding carboxylic acids is 1. The van der Waals surface area contributed by atoms with Crippen LogP contribution in [-0.4, -0.2) is 26.7 Å². The number of amides is 1. The van der Waals surface area contributed by atoms with E-state index in [1.54, 1.807) is 14.2 Å². The van der Waals surface area contributed by atoms with E-state index in [0.717, 1.165) is 16.5 Å². The second-order valence-corrected chi connectivity index (χ2v) is 6.66. The van der Waals surface area contributed by atoms with Gasteiger partial charge >= 0.3 is 0 Å². The minimum atomic E-state index is -0.196. The van der Waals surface area contributed by atoms with Gasteiger partial charge in [-0.2, -0.15) is 0 Å². The molecule has 0 aliphatic heterocycles. The molecule has 2 aromatic carbocycles. The van der Waals surface area contributed by atoms with Gasteiger partial charge in [0.15, 0.2) is 18.1 Å². The number of aryl methyl sites for hydroxylation is 1. The van der Waals surface area contributed by atoms with E-state index in [-0.39, 0.29) is 18.6 Å². The van der Waals surface area contributed by atoms with Crippen molar-refractivity contribution in [2.24, 2.45) is 0 Å². The maximum Gasteiger partial charge on any atom is 0.258 e. The fourth-order valence-corrected chi connectivity index (χ4v) is 3.05. The molecule has 0 spiro atoms. The molecule has 5 nitrogen and oxygen atoms in total. The average Bonchev–Trinajstić information content (AvgIpc) is 2.66. The lowest BCUT2D eigenvalue weighted by molar-refractivity contribution is -0.123. The molecular weight excluding hydrogens is 398 g/mol. The molecule has 2 rings (SSSR count). The highest BCUT2D eigenvalue weighted by atomic mass is 79.9. The molecule has 1 atom stereocenters. The standard InChI is InChI=1S/C20H24BrNO4/c1-5-14-6-8-17(16(21)10-14)26-12-20(23)22-13(2)15-7-9-18(24-3)19(11-15)25-4/h6-11,13H,5,12H2,1-4H3,(H,22,23)/t13-/m0/s1. The summed E-state index contributed by atoms with van der Waals surface area (Å²) >= 11 is 3.47. The molecule has 0 heterocycles. The van der Waals surface area contributed by atoms with Gasteiger partial charge in [-0.05, 0) is 64.7 Å². The van der Waals surface area contributed by atoms with Crippen LogP contribution in [-0.2, 0) is 11.2 Å². The zero-order valence-corrected chi connectivity index (χ0v) is 17.1. The van der Waals surface area contributed by atoms with Crippen LogP contribution in [0.25, 0.3) is 0 Å². The van der Waals surface area contributed by atoms with Crippen molar-refractivity contribution in [2.75, 3.05) is 20.8 Å². The van der Waals surface area contributed by atoms with E-state index < -0.39 is 0 Å². The molecule has 0 fully saturated rings. The van der Waals surface area contributed by atoms with Crippen molar-refractivity contribution in [1.29, 1.82) is 0 Å². The van der Waals surface area contributed by atoms with Gasteiger partial charge in [0.25, 0.3) is 5.91 Å². The van der Waals surface area contributed by atoms with Crippen molar-refractivity contribution >= 4 is 21.8 Å². The molecule has 0 aromatic heterocycles. The predicted molar refractivity (Wildman–Crippen MR) is 105 cm³/mol. The molecule has 2 aromatic rings. The van der Waals surface area contributed by atoms with Crippen LogP contribution in [0.3, 0.4) is 0 Å². The highest BCUT2D eigenvalue weighted by Crippen LogP contribution is 2.30. The van der Waals surface area contributed by atoms with Gasteiger partial charge < -0.3 is 19.5 Å². The maximum absolute atomic E-state index is 12.2. The summed E-state index contributed by atoms with van der Waals surface area (Å²) in [4.78, 5) is 12.2. The van der Waals surface area contributed by atoms with Gasteiger partial charge in [-0.1, -0.05) is 19.1 Å². The van der Waals surface area contributed by atoms with Crippen molar-refractivity contribution in [1.82, 2.24) is 5.32 Å². The number of carbonyl (C=O) groups is 1. The van der Waals surface area contributed by atoms with Crippen LogP contribution in [0, 0.1) is 0 Å². The topological polar surface area (TPSA) is 56.8 Å². The molecule has 0 unspecified atom stereocenters. The van der Waals surface area contributed by atoms with Crippen LogP contribution >= 0.6 is 15.9 Å². The molecule has 26 heavy (non-hydrogen) atoms. The number of methoxy groups -OCH3 is 2. The normalized spacial score (nSPS) is 11.6. The first kappa shape index (κ1) is 20.1. The summed E-state index contributed by atoms with van der Waals surface area (Å²) in [5, 5.41) is 2.92. The van der Waals surface area contributed by atoms with Crippen molar-refractivity contribution in [2.45, 2.75) is 26.3 Å². The van der Waals surface area contributed by atoms with Gasteiger partial charge in [0.05, 0.1) is 24.7 Å². The Hall–Kier alpha value is -2.21. The number of hydrogen-bond acceptors (Lipinski definition) is 4. The van der Waals surface area contributed by atoms with E-state index in [1.807, 2.05) is 43.3 Å². The number of ether oxygens (including phenoxy) is 3. The molecule has 0 aliphatic carbocycles. The zero-order chi connectivity index (χ0) is 19.1. The minimum Gasteiger partial charge on any atom is -0.493 e. The Morgan fingerprint density at radius 3 is 2.38 bits per heavy atom. The molecule has 140 valence electrons. The Balaban J connectivity index is 1.95. The largest absolute Gasteiger partial charge is 0.493 e. The smallest absolute Gasteiger partial charge is 0.258 e. The highest BCUT2D eigenvalue weighted by molar-refractivity contribution is 9.10. The molecule has 0 bridgehead atoms. The van der Waals surface area contributed by atoms with Gasteiger partial charge in [-0.25, -0.2) is 0 Å². The summed E-state index contributed by atoms with van der Waals surface area (Å²) in [6.07, 6.45) is 0.947. The second kappa shape index (κ2) is 9.48. The first-order valence-electron chi connectivity index (χ1n) is 8.41. The Morgan fingerprint density at radius 1 is 1.08 bits per heavy atom. The molecule has 1 amide bonds. The Morgan fingerprint density at radius 2 is 1.77 bits per heavy atom. The lowest BCUT2D eigenvalue weighted by Crippen LogP contribution is -2.31. The third-order valence-corrected chi connectivity index (χ3v) is 4.67. The van der Waals surface area contributed by atoms with Crippen LogP contribution in [0.2, 0.25) is 0 Å². The number of halogens is 1. The predicted octanol–water partition coefficient (Wildman–Crippen LogP) is 4.28. The number of benzene rings is 2. The average molecular weight is 422 g/mol. The van der Waals surface area contributed by atoms with Crippen molar-refractivity contribution in [3.63, 3.8) is 0 Å².